The molecule has 0 bridgehead atoms. The van der Waals surface area contributed by atoms with Gasteiger partial charge in [-0.2, -0.15) is 0 Å². The van der Waals surface area contributed by atoms with Crippen molar-refractivity contribution in [3.8, 4) is 5.69 Å². The van der Waals surface area contributed by atoms with Crippen molar-refractivity contribution in [2.45, 2.75) is 44.3 Å². The van der Waals surface area contributed by atoms with Crippen LogP contribution in [0.1, 0.15) is 42.4 Å². The van der Waals surface area contributed by atoms with E-state index in [0.717, 1.165) is 86.8 Å². The molecule has 2 saturated heterocycles. The number of pyridine rings is 1. The fourth-order valence-corrected chi connectivity index (χ4v) is 6.48. The first-order valence-corrected chi connectivity index (χ1v) is 12.4. The van der Waals surface area contributed by atoms with Crippen LogP contribution in [0.25, 0.3) is 5.69 Å². The molecular formula is C25H26ClFN6O. The molecule has 0 radical (unpaired) electrons. The van der Waals surface area contributed by atoms with E-state index in [2.05, 4.69) is 36.6 Å². The number of hydrogen-bond acceptors (Lipinski definition) is 6. The summed E-state index contributed by atoms with van der Waals surface area (Å²) in [5.41, 5.74) is 2.66. The summed E-state index contributed by atoms with van der Waals surface area (Å²) >= 11 is 6.40. The van der Waals surface area contributed by atoms with Crippen LogP contribution in [-0.4, -0.2) is 57.0 Å². The predicted molar refractivity (Wildman–Crippen MR) is 126 cm³/mol. The van der Waals surface area contributed by atoms with Crippen molar-refractivity contribution in [3.05, 3.63) is 64.6 Å². The van der Waals surface area contributed by atoms with E-state index in [1.165, 1.54) is 17.8 Å². The zero-order chi connectivity index (χ0) is 22.9. The number of hydrogen-bond donors (Lipinski definition) is 0. The van der Waals surface area contributed by atoms with Gasteiger partial charge in [-0.15, -0.1) is 10.2 Å². The number of anilines is 1. The highest BCUT2D eigenvalue weighted by atomic mass is 35.5. The van der Waals surface area contributed by atoms with Gasteiger partial charge >= 0.3 is 0 Å². The van der Waals surface area contributed by atoms with Gasteiger partial charge in [0.15, 0.2) is 5.82 Å². The first-order chi connectivity index (χ1) is 16.6. The third kappa shape index (κ3) is 3.34. The van der Waals surface area contributed by atoms with Crippen molar-refractivity contribution >= 4 is 17.4 Å². The Balaban J connectivity index is 1.14. The summed E-state index contributed by atoms with van der Waals surface area (Å²) in [7, 11) is 0. The Morgan fingerprint density at radius 3 is 2.74 bits per heavy atom. The monoisotopic (exact) mass is 480 g/mol. The molecule has 3 aliphatic heterocycles. The van der Waals surface area contributed by atoms with Crippen molar-refractivity contribution in [1.82, 2.24) is 24.6 Å². The quantitative estimate of drug-likeness (QED) is 0.566. The third-order valence-corrected chi connectivity index (χ3v) is 8.22. The second-order valence-corrected chi connectivity index (χ2v) is 10.7. The molecule has 4 aliphatic rings. The van der Waals surface area contributed by atoms with E-state index >= 15 is 0 Å². The van der Waals surface area contributed by atoms with Crippen LogP contribution >= 0.6 is 11.6 Å². The van der Waals surface area contributed by atoms with Gasteiger partial charge in [0.05, 0.1) is 25.0 Å². The maximum absolute atomic E-state index is 13.2. The van der Waals surface area contributed by atoms with Crippen LogP contribution in [0.3, 0.4) is 0 Å². The molecule has 1 aromatic carbocycles. The molecular weight excluding hydrogens is 455 g/mol. The summed E-state index contributed by atoms with van der Waals surface area (Å²) in [5, 5.41) is 10.1. The minimum Gasteiger partial charge on any atom is -0.380 e. The molecule has 176 valence electrons. The van der Waals surface area contributed by atoms with Crippen LogP contribution in [-0.2, 0) is 17.8 Å². The summed E-state index contributed by atoms with van der Waals surface area (Å²) in [5.74, 6) is 3.00. The number of fused-ring (bicyclic) bond motifs is 3. The molecule has 7 nitrogen and oxygen atoms in total. The number of benzene rings is 1. The fourth-order valence-electron chi connectivity index (χ4n) is 6.29. The molecule has 9 heteroatoms. The largest absolute Gasteiger partial charge is 0.380 e. The molecule has 34 heavy (non-hydrogen) atoms. The maximum atomic E-state index is 13.2. The summed E-state index contributed by atoms with van der Waals surface area (Å²) in [6.07, 6.45) is 4.51. The highest BCUT2D eigenvalue weighted by molar-refractivity contribution is 6.30. The van der Waals surface area contributed by atoms with E-state index in [1.54, 1.807) is 6.07 Å². The zero-order valence-corrected chi connectivity index (χ0v) is 19.6. The minimum atomic E-state index is -0.296. The van der Waals surface area contributed by atoms with Gasteiger partial charge in [-0.3, -0.25) is 9.47 Å². The Hall–Kier alpha value is -2.55. The molecule has 3 fully saturated rings. The van der Waals surface area contributed by atoms with Crippen molar-refractivity contribution in [3.63, 3.8) is 0 Å². The lowest BCUT2D eigenvalue weighted by molar-refractivity contribution is 0.0581. The predicted octanol–water partition coefficient (Wildman–Crippen LogP) is 3.94. The standard InChI is InChI=1S/C25H26ClFN6O/c26-18-1-3-21-16(7-18)11-31(20-5-6-34-13-20)12-23-29-30-24(33(21)23)17-8-25(9-17)14-32(15-25)22-4-2-19(27)10-28-22/h1-4,7,10,17,20H,5-6,8-9,11-15H2/t20-/m1/s1. The molecule has 0 amide bonds. The van der Waals surface area contributed by atoms with Crippen LogP contribution in [0, 0.1) is 11.2 Å². The van der Waals surface area contributed by atoms with Gasteiger partial charge in [-0.1, -0.05) is 11.6 Å². The number of ether oxygens (including phenoxy) is 1. The van der Waals surface area contributed by atoms with Crippen LogP contribution in [0.5, 0.6) is 0 Å². The Labute approximate surface area is 202 Å². The normalized spacial score (nSPS) is 23.8. The number of aromatic nitrogens is 4. The van der Waals surface area contributed by atoms with Crippen LogP contribution in [0.15, 0.2) is 36.5 Å². The SMILES string of the molecule is Fc1ccc(N2CC3(CC(c4nnc5n4-c4ccc(Cl)cc4CN([C@@H]4CCOC4)C5)C3)C2)nc1. The molecule has 3 aromatic rings. The highest BCUT2D eigenvalue weighted by Crippen LogP contribution is 2.56. The first kappa shape index (κ1) is 20.8. The van der Waals surface area contributed by atoms with Gasteiger partial charge in [0, 0.05) is 48.6 Å². The average Bonchev–Trinajstić information content (AvgIpc) is 3.41. The van der Waals surface area contributed by atoms with Crippen molar-refractivity contribution in [2.75, 3.05) is 31.2 Å². The smallest absolute Gasteiger partial charge is 0.151 e. The van der Waals surface area contributed by atoms with Gasteiger partial charge in [-0.25, -0.2) is 9.37 Å². The molecule has 2 aromatic heterocycles. The van der Waals surface area contributed by atoms with E-state index < -0.39 is 0 Å². The Morgan fingerprint density at radius 1 is 1.09 bits per heavy atom. The maximum Gasteiger partial charge on any atom is 0.151 e. The second-order valence-electron chi connectivity index (χ2n) is 10.3. The molecule has 0 N–H and O–H groups in total. The van der Waals surface area contributed by atoms with Gasteiger partial charge in [-0.05, 0) is 55.2 Å². The second kappa shape index (κ2) is 7.73. The van der Waals surface area contributed by atoms with E-state index in [-0.39, 0.29) is 5.82 Å². The summed E-state index contributed by atoms with van der Waals surface area (Å²) < 4.78 is 21.2. The zero-order valence-electron chi connectivity index (χ0n) is 18.8. The van der Waals surface area contributed by atoms with Gasteiger partial charge in [0.25, 0.3) is 0 Å². The molecule has 0 unspecified atom stereocenters. The molecule has 1 spiro atoms. The Bertz CT molecular complexity index is 1230. The summed E-state index contributed by atoms with van der Waals surface area (Å²) in [6, 6.07) is 9.80. The number of rotatable bonds is 3. The van der Waals surface area contributed by atoms with Gasteiger partial charge < -0.3 is 9.64 Å². The van der Waals surface area contributed by atoms with Gasteiger partial charge in [0.2, 0.25) is 0 Å². The van der Waals surface area contributed by atoms with E-state index in [9.17, 15) is 4.39 Å². The van der Waals surface area contributed by atoms with Crippen LogP contribution in [0.4, 0.5) is 10.2 Å². The number of nitrogens with zero attached hydrogens (tertiary/aromatic N) is 6. The van der Waals surface area contributed by atoms with E-state index in [4.69, 9.17) is 21.4 Å². The summed E-state index contributed by atoms with van der Waals surface area (Å²) in [4.78, 5) is 8.93. The van der Waals surface area contributed by atoms with Crippen molar-refractivity contribution < 1.29 is 9.13 Å². The van der Waals surface area contributed by atoms with E-state index in [0.29, 0.717) is 17.4 Å². The molecule has 1 aliphatic carbocycles. The molecule has 1 saturated carbocycles. The lowest BCUT2D eigenvalue weighted by Gasteiger charge is -2.59. The van der Waals surface area contributed by atoms with Crippen molar-refractivity contribution in [1.29, 1.82) is 0 Å². The molecule has 5 heterocycles. The van der Waals surface area contributed by atoms with E-state index in [1.807, 2.05) is 6.07 Å². The number of halogens is 2. The molecule has 7 rings (SSSR count). The summed E-state index contributed by atoms with van der Waals surface area (Å²) in [6.45, 7) is 5.10. The first-order valence-electron chi connectivity index (χ1n) is 12.0. The third-order valence-electron chi connectivity index (χ3n) is 7.99. The lowest BCUT2D eigenvalue weighted by Crippen LogP contribution is -2.62. The Morgan fingerprint density at radius 2 is 1.97 bits per heavy atom. The van der Waals surface area contributed by atoms with Gasteiger partial charge in [0.1, 0.15) is 17.5 Å². The lowest BCUT2D eigenvalue weighted by atomic mass is 9.57. The highest BCUT2D eigenvalue weighted by Gasteiger charge is 2.54. The van der Waals surface area contributed by atoms with Crippen LogP contribution in [0.2, 0.25) is 5.02 Å². The Kier molecular flexibility index (Phi) is 4.73. The molecule has 1 atom stereocenters. The topological polar surface area (TPSA) is 59.3 Å². The fraction of sp³-hybridized carbons (Fsp3) is 0.480. The minimum absolute atomic E-state index is 0.296. The van der Waals surface area contributed by atoms with Crippen LogP contribution < -0.4 is 4.90 Å². The van der Waals surface area contributed by atoms with Crippen molar-refractivity contribution in [2.24, 2.45) is 5.41 Å². The average molecular weight is 481 g/mol.